The van der Waals surface area contributed by atoms with E-state index in [-0.39, 0.29) is 37.5 Å². The van der Waals surface area contributed by atoms with Crippen LogP contribution < -0.4 is 0 Å². The number of hydrogen-bond acceptors (Lipinski definition) is 6. The molecule has 0 fully saturated rings. The highest BCUT2D eigenvalue weighted by Crippen LogP contribution is 2.15. The minimum absolute atomic E-state index is 0.0835. The molecule has 0 aliphatic heterocycles. The van der Waals surface area contributed by atoms with Crippen molar-refractivity contribution in [3.8, 4) is 0 Å². The van der Waals surface area contributed by atoms with Gasteiger partial charge in [0, 0.05) is 19.3 Å². The average molecular weight is 803 g/mol. The first-order valence-corrected chi connectivity index (χ1v) is 24.8. The molecule has 0 saturated carbocycles. The maximum atomic E-state index is 12.7. The van der Waals surface area contributed by atoms with Crippen molar-refractivity contribution in [1.82, 2.24) is 0 Å². The summed E-state index contributed by atoms with van der Waals surface area (Å²) < 4.78 is 16.7. The van der Waals surface area contributed by atoms with Crippen molar-refractivity contribution >= 4 is 17.9 Å². The first-order valence-electron chi connectivity index (χ1n) is 24.8. The van der Waals surface area contributed by atoms with Crippen LogP contribution in [-0.2, 0) is 28.6 Å². The van der Waals surface area contributed by atoms with Crippen LogP contribution in [0.5, 0.6) is 0 Å². The van der Waals surface area contributed by atoms with Crippen molar-refractivity contribution in [2.75, 3.05) is 13.2 Å². The smallest absolute Gasteiger partial charge is 0.306 e. The van der Waals surface area contributed by atoms with E-state index >= 15 is 0 Å². The number of ether oxygens (including phenoxy) is 3. The van der Waals surface area contributed by atoms with Crippen LogP contribution in [0.1, 0.15) is 265 Å². The molecule has 1 unspecified atom stereocenters. The Kier molecular flexibility index (Phi) is 44.9. The van der Waals surface area contributed by atoms with Gasteiger partial charge in [-0.2, -0.15) is 0 Å². The van der Waals surface area contributed by atoms with E-state index in [0.717, 1.165) is 51.4 Å². The Hall–Kier alpha value is -2.11. The largest absolute Gasteiger partial charge is 0.462 e. The third-order valence-electron chi connectivity index (χ3n) is 11.0. The van der Waals surface area contributed by atoms with Crippen LogP contribution in [0, 0.1) is 0 Å². The van der Waals surface area contributed by atoms with Crippen LogP contribution in [0.3, 0.4) is 0 Å². The van der Waals surface area contributed by atoms with E-state index in [4.69, 9.17) is 14.2 Å². The van der Waals surface area contributed by atoms with Gasteiger partial charge in [0.2, 0.25) is 0 Å². The molecule has 0 aromatic carbocycles. The Morgan fingerprint density at radius 1 is 0.351 bits per heavy atom. The van der Waals surface area contributed by atoms with Gasteiger partial charge < -0.3 is 14.2 Å². The predicted molar refractivity (Wildman–Crippen MR) is 243 cm³/mol. The lowest BCUT2D eigenvalue weighted by molar-refractivity contribution is -0.166. The third kappa shape index (κ3) is 44.8. The Labute approximate surface area is 353 Å². The van der Waals surface area contributed by atoms with Crippen molar-refractivity contribution in [3.63, 3.8) is 0 Å². The fraction of sp³-hybridized carbons (Fsp3) is 0.863. The summed E-state index contributed by atoms with van der Waals surface area (Å²) in [7, 11) is 0. The fourth-order valence-corrected chi connectivity index (χ4v) is 7.20. The number of carbonyl (C=O) groups is 3. The molecule has 0 amide bonds. The van der Waals surface area contributed by atoms with E-state index in [1.807, 2.05) is 6.08 Å². The summed E-state index contributed by atoms with van der Waals surface area (Å²) in [6, 6.07) is 0. The molecule has 57 heavy (non-hydrogen) atoms. The van der Waals surface area contributed by atoms with Crippen LogP contribution in [0.4, 0.5) is 0 Å². The molecule has 0 aliphatic carbocycles. The summed E-state index contributed by atoms with van der Waals surface area (Å²) in [4.78, 5) is 37.8. The minimum atomic E-state index is -0.786. The van der Waals surface area contributed by atoms with Gasteiger partial charge in [0.15, 0.2) is 6.10 Å². The van der Waals surface area contributed by atoms with Crippen molar-refractivity contribution < 1.29 is 28.6 Å². The second kappa shape index (κ2) is 46.6. The Morgan fingerprint density at radius 2 is 0.667 bits per heavy atom. The monoisotopic (exact) mass is 803 g/mol. The number of unbranched alkanes of at least 4 members (excludes halogenated alkanes) is 30. The van der Waals surface area contributed by atoms with Gasteiger partial charge in [-0.3, -0.25) is 14.4 Å². The van der Waals surface area contributed by atoms with E-state index < -0.39 is 6.10 Å². The van der Waals surface area contributed by atoms with E-state index in [2.05, 4.69) is 39.0 Å². The van der Waals surface area contributed by atoms with Crippen LogP contribution in [-0.4, -0.2) is 37.2 Å². The molecule has 6 nitrogen and oxygen atoms in total. The molecule has 0 N–H and O–H groups in total. The normalized spacial score (nSPS) is 12.1. The first kappa shape index (κ1) is 54.9. The number of hydrogen-bond donors (Lipinski definition) is 0. The van der Waals surface area contributed by atoms with Gasteiger partial charge in [0.1, 0.15) is 13.2 Å². The number of rotatable bonds is 45. The molecule has 0 heterocycles. The second-order valence-corrected chi connectivity index (χ2v) is 16.7. The predicted octanol–water partition coefficient (Wildman–Crippen LogP) is 16.0. The van der Waals surface area contributed by atoms with Gasteiger partial charge in [0.05, 0.1) is 0 Å². The summed E-state index contributed by atoms with van der Waals surface area (Å²) in [6.45, 7) is 6.59. The SMILES string of the molecule is CCCCCCCC/C=C\C/C=C\CCC(=O)OCC(COC(=O)CCCCCCCCCCCCCCC)OC(=O)CCCCCCCCCCCCCCC. The first-order chi connectivity index (χ1) is 28.0. The zero-order valence-corrected chi connectivity index (χ0v) is 38.1. The van der Waals surface area contributed by atoms with Crippen molar-refractivity contribution in [2.24, 2.45) is 0 Å². The van der Waals surface area contributed by atoms with Gasteiger partial charge in [-0.1, -0.05) is 231 Å². The van der Waals surface area contributed by atoms with Gasteiger partial charge in [0.25, 0.3) is 0 Å². The zero-order valence-electron chi connectivity index (χ0n) is 38.1. The van der Waals surface area contributed by atoms with Gasteiger partial charge in [-0.05, 0) is 38.5 Å². The Balaban J connectivity index is 4.40. The highest BCUT2D eigenvalue weighted by Gasteiger charge is 2.19. The maximum absolute atomic E-state index is 12.7. The topological polar surface area (TPSA) is 78.9 Å². The maximum Gasteiger partial charge on any atom is 0.306 e. The molecule has 0 bridgehead atoms. The lowest BCUT2D eigenvalue weighted by Gasteiger charge is -2.18. The fourth-order valence-electron chi connectivity index (χ4n) is 7.20. The summed E-state index contributed by atoms with van der Waals surface area (Å²) in [5.74, 6) is -0.943. The lowest BCUT2D eigenvalue weighted by atomic mass is 10.0. The second-order valence-electron chi connectivity index (χ2n) is 16.7. The zero-order chi connectivity index (χ0) is 41.5. The third-order valence-corrected chi connectivity index (χ3v) is 11.0. The minimum Gasteiger partial charge on any atom is -0.462 e. The molecule has 0 radical (unpaired) electrons. The van der Waals surface area contributed by atoms with E-state index in [0.29, 0.717) is 19.3 Å². The highest BCUT2D eigenvalue weighted by molar-refractivity contribution is 5.71. The van der Waals surface area contributed by atoms with Gasteiger partial charge >= 0.3 is 17.9 Å². The molecule has 1 atom stereocenters. The number of esters is 3. The standard InChI is InChI=1S/C51H94O6/c1-4-7-10-13-16-19-22-25-28-31-34-37-40-43-49(52)55-46-48(57-51(54)45-42-39-36-33-30-27-24-21-18-15-12-9-6-3)47-56-50(53)44-41-38-35-32-29-26-23-20-17-14-11-8-5-2/h25,28,34,37,48H,4-24,26-27,29-33,35-36,38-47H2,1-3H3/b28-25-,37-34-. The van der Waals surface area contributed by atoms with Crippen molar-refractivity contribution in [2.45, 2.75) is 271 Å². The highest BCUT2D eigenvalue weighted by atomic mass is 16.6. The van der Waals surface area contributed by atoms with E-state index in [9.17, 15) is 14.4 Å². The van der Waals surface area contributed by atoms with Crippen molar-refractivity contribution in [3.05, 3.63) is 24.3 Å². The molecular formula is C51H94O6. The summed E-state index contributed by atoms with van der Waals surface area (Å²) >= 11 is 0. The number of carbonyl (C=O) groups excluding carboxylic acids is 3. The molecule has 0 aromatic heterocycles. The van der Waals surface area contributed by atoms with E-state index in [1.165, 1.54) is 167 Å². The number of allylic oxidation sites excluding steroid dienone is 4. The van der Waals surface area contributed by atoms with Crippen LogP contribution in [0.25, 0.3) is 0 Å². The van der Waals surface area contributed by atoms with Gasteiger partial charge in [-0.25, -0.2) is 0 Å². The quantitative estimate of drug-likeness (QED) is 0.0264. The molecular weight excluding hydrogens is 709 g/mol. The van der Waals surface area contributed by atoms with Crippen LogP contribution in [0.2, 0.25) is 0 Å². The molecule has 0 saturated heterocycles. The summed E-state index contributed by atoms with van der Waals surface area (Å²) in [6.07, 6.45) is 51.7. The average Bonchev–Trinajstić information content (AvgIpc) is 3.21. The summed E-state index contributed by atoms with van der Waals surface area (Å²) in [5, 5.41) is 0. The lowest BCUT2D eigenvalue weighted by Crippen LogP contribution is -2.30. The van der Waals surface area contributed by atoms with Gasteiger partial charge in [-0.15, -0.1) is 0 Å². The van der Waals surface area contributed by atoms with Crippen LogP contribution in [0.15, 0.2) is 24.3 Å². The summed E-state index contributed by atoms with van der Waals surface area (Å²) in [5.41, 5.74) is 0. The Morgan fingerprint density at radius 3 is 1.07 bits per heavy atom. The van der Waals surface area contributed by atoms with E-state index in [1.54, 1.807) is 0 Å². The molecule has 0 rings (SSSR count). The molecule has 6 heteroatoms. The molecule has 0 spiro atoms. The molecule has 334 valence electrons. The molecule has 0 aliphatic rings. The molecule has 0 aromatic rings. The van der Waals surface area contributed by atoms with Crippen molar-refractivity contribution in [1.29, 1.82) is 0 Å². The Bertz CT molecular complexity index is 927. The van der Waals surface area contributed by atoms with Crippen LogP contribution >= 0.6 is 0 Å².